The first-order chi connectivity index (χ1) is 10.4. The van der Waals surface area contributed by atoms with E-state index in [1.807, 2.05) is 6.26 Å². The molecule has 2 rings (SSSR count). The molecule has 0 aliphatic carbocycles. The standard InChI is InChI=1S/C14H10Cl2N2O3S/c1-22-8-5-6-12(18(20)21)9(7-8)14(19)17-11-4-2-3-10(15)13(11)16/h2-7H,1H3,(H,17,19). The summed E-state index contributed by atoms with van der Waals surface area (Å²) in [5.41, 5.74) is -0.00985. The fourth-order valence-electron chi connectivity index (χ4n) is 1.77. The highest BCUT2D eigenvalue weighted by molar-refractivity contribution is 7.98. The third-order valence-corrected chi connectivity index (χ3v) is 4.39. The van der Waals surface area contributed by atoms with Crippen molar-refractivity contribution < 1.29 is 9.72 Å². The van der Waals surface area contributed by atoms with Gasteiger partial charge in [0.15, 0.2) is 0 Å². The molecule has 0 saturated heterocycles. The van der Waals surface area contributed by atoms with Gasteiger partial charge in [-0.15, -0.1) is 11.8 Å². The number of thioether (sulfide) groups is 1. The van der Waals surface area contributed by atoms with Crippen molar-refractivity contribution in [2.24, 2.45) is 0 Å². The molecule has 0 aliphatic heterocycles. The van der Waals surface area contributed by atoms with E-state index in [0.717, 1.165) is 4.90 Å². The van der Waals surface area contributed by atoms with Crippen LogP contribution in [0.25, 0.3) is 0 Å². The lowest BCUT2D eigenvalue weighted by molar-refractivity contribution is -0.385. The molecule has 0 aliphatic rings. The van der Waals surface area contributed by atoms with Crippen LogP contribution in [0.15, 0.2) is 41.3 Å². The van der Waals surface area contributed by atoms with Crippen LogP contribution in [0, 0.1) is 10.1 Å². The number of nitro benzene ring substituents is 1. The summed E-state index contributed by atoms with van der Waals surface area (Å²) in [5.74, 6) is -0.619. The van der Waals surface area contributed by atoms with Crippen molar-refractivity contribution in [2.45, 2.75) is 4.90 Å². The number of nitrogens with one attached hydrogen (secondary N) is 1. The van der Waals surface area contributed by atoms with Crippen LogP contribution < -0.4 is 5.32 Å². The molecule has 0 heterocycles. The number of nitrogens with zero attached hydrogens (tertiary/aromatic N) is 1. The Bertz CT molecular complexity index is 753. The molecule has 0 fully saturated rings. The predicted octanol–water partition coefficient (Wildman–Crippen LogP) is 4.88. The maximum Gasteiger partial charge on any atom is 0.282 e. The molecule has 2 aromatic carbocycles. The summed E-state index contributed by atoms with van der Waals surface area (Å²) in [6.45, 7) is 0. The Morgan fingerprint density at radius 1 is 1.27 bits per heavy atom. The molecule has 0 bridgehead atoms. The first kappa shape index (κ1) is 16.6. The summed E-state index contributed by atoms with van der Waals surface area (Å²) in [6, 6.07) is 9.13. The van der Waals surface area contributed by atoms with Gasteiger partial charge in [-0.2, -0.15) is 0 Å². The molecule has 2 aromatic rings. The van der Waals surface area contributed by atoms with E-state index in [2.05, 4.69) is 5.32 Å². The van der Waals surface area contributed by atoms with Gasteiger partial charge in [-0.25, -0.2) is 0 Å². The number of hydrogen-bond acceptors (Lipinski definition) is 4. The molecule has 114 valence electrons. The van der Waals surface area contributed by atoms with Crippen LogP contribution in [-0.2, 0) is 0 Å². The molecular weight excluding hydrogens is 347 g/mol. The summed E-state index contributed by atoms with van der Waals surface area (Å²) >= 11 is 13.3. The van der Waals surface area contributed by atoms with Gasteiger partial charge in [0.05, 0.1) is 20.7 Å². The van der Waals surface area contributed by atoms with Gasteiger partial charge in [0.1, 0.15) is 5.56 Å². The first-order valence-electron chi connectivity index (χ1n) is 6.02. The number of amides is 1. The van der Waals surface area contributed by atoms with Crippen LogP contribution in [0.2, 0.25) is 10.0 Å². The van der Waals surface area contributed by atoms with E-state index >= 15 is 0 Å². The monoisotopic (exact) mass is 356 g/mol. The minimum Gasteiger partial charge on any atom is -0.320 e. The number of carbonyl (C=O) groups excluding carboxylic acids is 1. The lowest BCUT2D eigenvalue weighted by Gasteiger charge is -2.09. The van der Waals surface area contributed by atoms with E-state index in [-0.39, 0.29) is 21.3 Å². The number of nitro groups is 1. The number of rotatable bonds is 4. The van der Waals surface area contributed by atoms with E-state index < -0.39 is 10.8 Å². The maximum absolute atomic E-state index is 12.3. The van der Waals surface area contributed by atoms with Crippen LogP contribution in [0.3, 0.4) is 0 Å². The van der Waals surface area contributed by atoms with Crippen molar-refractivity contribution in [2.75, 3.05) is 11.6 Å². The van der Waals surface area contributed by atoms with Crippen molar-refractivity contribution >= 4 is 52.2 Å². The lowest BCUT2D eigenvalue weighted by atomic mass is 10.1. The Hall–Kier alpha value is -1.76. The normalized spacial score (nSPS) is 10.3. The predicted molar refractivity (Wildman–Crippen MR) is 89.3 cm³/mol. The average Bonchev–Trinajstić information content (AvgIpc) is 2.51. The zero-order valence-corrected chi connectivity index (χ0v) is 13.6. The third kappa shape index (κ3) is 3.52. The quantitative estimate of drug-likeness (QED) is 0.481. The molecule has 0 aromatic heterocycles. The second-order valence-electron chi connectivity index (χ2n) is 4.20. The van der Waals surface area contributed by atoms with Crippen LogP contribution in [-0.4, -0.2) is 17.1 Å². The fourth-order valence-corrected chi connectivity index (χ4v) is 2.56. The van der Waals surface area contributed by atoms with Crippen molar-refractivity contribution in [1.29, 1.82) is 0 Å². The minimum atomic E-state index is -0.619. The Labute approximate surface area is 140 Å². The molecule has 1 amide bonds. The highest BCUT2D eigenvalue weighted by Gasteiger charge is 2.21. The Morgan fingerprint density at radius 2 is 2.00 bits per heavy atom. The number of halogens is 2. The van der Waals surface area contributed by atoms with Gasteiger partial charge in [0, 0.05) is 11.0 Å². The number of benzene rings is 2. The molecule has 0 spiro atoms. The van der Waals surface area contributed by atoms with Crippen LogP contribution in [0.5, 0.6) is 0 Å². The molecule has 22 heavy (non-hydrogen) atoms. The van der Waals surface area contributed by atoms with Crippen LogP contribution in [0.4, 0.5) is 11.4 Å². The SMILES string of the molecule is CSc1ccc([N+](=O)[O-])c(C(=O)Nc2cccc(Cl)c2Cl)c1. The molecule has 0 atom stereocenters. The summed E-state index contributed by atoms with van der Waals surface area (Å²) in [5, 5.41) is 14.1. The molecular formula is C14H10Cl2N2O3S. The van der Waals surface area contributed by atoms with Crippen LogP contribution >= 0.6 is 35.0 Å². The fraction of sp³-hybridized carbons (Fsp3) is 0.0714. The summed E-state index contributed by atoms with van der Waals surface area (Å²) in [4.78, 5) is 23.6. The molecule has 5 nitrogen and oxygen atoms in total. The second-order valence-corrected chi connectivity index (χ2v) is 5.86. The van der Waals surface area contributed by atoms with Crippen molar-refractivity contribution in [3.8, 4) is 0 Å². The average molecular weight is 357 g/mol. The largest absolute Gasteiger partial charge is 0.320 e. The zero-order chi connectivity index (χ0) is 16.3. The van der Waals surface area contributed by atoms with E-state index in [0.29, 0.717) is 5.69 Å². The highest BCUT2D eigenvalue weighted by atomic mass is 35.5. The van der Waals surface area contributed by atoms with Gasteiger partial charge >= 0.3 is 0 Å². The van der Waals surface area contributed by atoms with Crippen LogP contribution in [0.1, 0.15) is 10.4 Å². The van der Waals surface area contributed by atoms with Crippen molar-refractivity contribution in [1.82, 2.24) is 0 Å². The second kappa shape index (κ2) is 7.00. The highest BCUT2D eigenvalue weighted by Crippen LogP contribution is 2.31. The lowest BCUT2D eigenvalue weighted by Crippen LogP contribution is -2.14. The number of anilines is 1. The number of hydrogen-bond donors (Lipinski definition) is 1. The zero-order valence-electron chi connectivity index (χ0n) is 11.3. The topological polar surface area (TPSA) is 72.2 Å². The summed E-state index contributed by atoms with van der Waals surface area (Å²) < 4.78 is 0. The first-order valence-corrected chi connectivity index (χ1v) is 8.00. The van der Waals surface area contributed by atoms with Crippen molar-refractivity contribution in [3.05, 3.63) is 62.1 Å². The van der Waals surface area contributed by atoms with E-state index in [9.17, 15) is 14.9 Å². The third-order valence-electron chi connectivity index (χ3n) is 2.84. The Balaban J connectivity index is 2.40. The van der Waals surface area contributed by atoms with Gasteiger partial charge in [-0.1, -0.05) is 29.3 Å². The van der Waals surface area contributed by atoms with E-state index in [1.165, 1.54) is 23.9 Å². The van der Waals surface area contributed by atoms with E-state index in [4.69, 9.17) is 23.2 Å². The van der Waals surface area contributed by atoms with Crippen molar-refractivity contribution in [3.63, 3.8) is 0 Å². The number of carbonyl (C=O) groups is 1. The minimum absolute atomic E-state index is 0.0344. The van der Waals surface area contributed by atoms with Gasteiger partial charge in [-0.3, -0.25) is 14.9 Å². The molecule has 1 N–H and O–H groups in total. The van der Waals surface area contributed by atoms with Gasteiger partial charge in [0.2, 0.25) is 0 Å². The summed E-state index contributed by atoms with van der Waals surface area (Å²) in [6.07, 6.45) is 1.82. The Morgan fingerprint density at radius 3 is 2.64 bits per heavy atom. The molecule has 0 unspecified atom stereocenters. The van der Waals surface area contributed by atoms with Gasteiger partial charge in [0.25, 0.3) is 11.6 Å². The molecule has 8 heteroatoms. The van der Waals surface area contributed by atoms with E-state index in [1.54, 1.807) is 24.3 Å². The Kier molecular flexibility index (Phi) is 5.28. The van der Waals surface area contributed by atoms with Gasteiger partial charge < -0.3 is 5.32 Å². The summed E-state index contributed by atoms with van der Waals surface area (Å²) in [7, 11) is 0. The maximum atomic E-state index is 12.3. The molecule has 0 radical (unpaired) electrons. The molecule has 0 saturated carbocycles. The van der Waals surface area contributed by atoms with Gasteiger partial charge in [-0.05, 0) is 30.5 Å². The smallest absolute Gasteiger partial charge is 0.282 e.